The molecular weight excluding hydrogens is 309 g/mol. The normalized spacial score (nSPS) is 9.86. The molecule has 0 amide bonds. The van der Waals surface area contributed by atoms with Gasteiger partial charge in [-0.05, 0) is 35.9 Å². The zero-order valence-electron chi connectivity index (χ0n) is 12.0. The standard InChI is InChI=1S/C16H18ClNO2.ClH/c1-19-15-6-3-12(4-7-15)10-18-11-13-9-14(17)5-8-16(13)20-2;/h3-9,18H,10-11H2,1-2H3;1H/p-1. The van der Waals surface area contributed by atoms with E-state index in [0.29, 0.717) is 11.6 Å². The minimum absolute atomic E-state index is 0. The highest BCUT2D eigenvalue weighted by Crippen LogP contribution is 2.22. The summed E-state index contributed by atoms with van der Waals surface area (Å²) in [4.78, 5) is 0. The van der Waals surface area contributed by atoms with Crippen molar-refractivity contribution in [3.63, 3.8) is 0 Å². The van der Waals surface area contributed by atoms with Crippen LogP contribution in [0.4, 0.5) is 0 Å². The highest BCUT2D eigenvalue weighted by molar-refractivity contribution is 6.30. The first-order valence-electron chi connectivity index (χ1n) is 6.39. The van der Waals surface area contributed by atoms with E-state index in [2.05, 4.69) is 5.32 Å². The van der Waals surface area contributed by atoms with Gasteiger partial charge in [0.15, 0.2) is 0 Å². The van der Waals surface area contributed by atoms with Crippen molar-refractivity contribution in [2.45, 2.75) is 13.1 Å². The van der Waals surface area contributed by atoms with E-state index in [4.69, 9.17) is 21.1 Å². The summed E-state index contributed by atoms with van der Waals surface area (Å²) in [6, 6.07) is 13.6. The highest BCUT2D eigenvalue weighted by Gasteiger charge is 2.03. The van der Waals surface area contributed by atoms with Crippen LogP contribution in [0.5, 0.6) is 11.5 Å². The van der Waals surface area contributed by atoms with Crippen molar-refractivity contribution in [2.24, 2.45) is 0 Å². The predicted octanol–water partition coefficient (Wildman–Crippen LogP) is 0.651. The minimum Gasteiger partial charge on any atom is -1.00 e. The number of benzene rings is 2. The number of ether oxygens (including phenoxy) is 2. The molecule has 0 aliphatic carbocycles. The van der Waals surface area contributed by atoms with E-state index >= 15 is 0 Å². The van der Waals surface area contributed by atoms with Gasteiger partial charge in [0.2, 0.25) is 0 Å². The van der Waals surface area contributed by atoms with Crippen LogP contribution in [-0.2, 0) is 13.1 Å². The quantitative estimate of drug-likeness (QED) is 0.845. The van der Waals surface area contributed by atoms with E-state index < -0.39 is 0 Å². The lowest BCUT2D eigenvalue weighted by atomic mass is 10.2. The second-order valence-corrected chi connectivity index (χ2v) is 4.84. The van der Waals surface area contributed by atoms with E-state index in [0.717, 1.165) is 23.6 Å². The van der Waals surface area contributed by atoms with Crippen LogP contribution in [-0.4, -0.2) is 14.2 Å². The summed E-state index contributed by atoms with van der Waals surface area (Å²) >= 11 is 6.01. The zero-order valence-corrected chi connectivity index (χ0v) is 13.5. The van der Waals surface area contributed by atoms with Crippen molar-refractivity contribution in [1.29, 1.82) is 0 Å². The first-order valence-corrected chi connectivity index (χ1v) is 6.77. The molecule has 3 nitrogen and oxygen atoms in total. The molecule has 0 aliphatic rings. The summed E-state index contributed by atoms with van der Waals surface area (Å²) in [5, 5.41) is 4.09. The maximum atomic E-state index is 6.01. The van der Waals surface area contributed by atoms with Gasteiger partial charge in [0.1, 0.15) is 11.5 Å². The van der Waals surface area contributed by atoms with Crippen LogP contribution in [0.3, 0.4) is 0 Å². The van der Waals surface area contributed by atoms with Crippen molar-refractivity contribution in [1.82, 2.24) is 5.32 Å². The number of hydrogen-bond acceptors (Lipinski definition) is 3. The monoisotopic (exact) mass is 326 g/mol. The van der Waals surface area contributed by atoms with Crippen molar-refractivity contribution < 1.29 is 21.9 Å². The molecule has 0 fully saturated rings. The predicted molar refractivity (Wildman–Crippen MR) is 81.5 cm³/mol. The Morgan fingerprint density at radius 3 is 2.29 bits per heavy atom. The third kappa shape index (κ3) is 5.12. The van der Waals surface area contributed by atoms with Crippen molar-refractivity contribution >= 4 is 11.6 Å². The Hall–Kier alpha value is -1.42. The zero-order chi connectivity index (χ0) is 14.4. The maximum absolute atomic E-state index is 6.01. The van der Waals surface area contributed by atoms with Gasteiger partial charge >= 0.3 is 0 Å². The molecule has 0 unspecified atom stereocenters. The molecule has 5 heteroatoms. The van der Waals surface area contributed by atoms with Gasteiger partial charge in [-0.25, -0.2) is 0 Å². The Morgan fingerprint density at radius 2 is 1.67 bits per heavy atom. The number of nitrogens with one attached hydrogen (secondary N) is 1. The van der Waals surface area contributed by atoms with E-state index in [1.807, 2.05) is 42.5 Å². The molecule has 0 bridgehead atoms. The molecular formula is C16H18Cl2NO2-. The molecule has 1 N–H and O–H groups in total. The van der Waals surface area contributed by atoms with Gasteiger partial charge in [0.05, 0.1) is 14.2 Å². The minimum atomic E-state index is 0. The van der Waals surface area contributed by atoms with Crippen molar-refractivity contribution in [3.05, 3.63) is 58.6 Å². The van der Waals surface area contributed by atoms with E-state index in [1.54, 1.807) is 14.2 Å². The summed E-state index contributed by atoms with van der Waals surface area (Å²) in [6.45, 7) is 1.48. The second kappa shape index (κ2) is 8.78. The van der Waals surface area contributed by atoms with Crippen molar-refractivity contribution in [2.75, 3.05) is 14.2 Å². The largest absolute Gasteiger partial charge is 1.00 e. The van der Waals surface area contributed by atoms with Crippen LogP contribution in [0.15, 0.2) is 42.5 Å². The molecule has 114 valence electrons. The number of methoxy groups -OCH3 is 2. The smallest absolute Gasteiger partial charge is 0.123 e. The summed E-state index contributed by atoms with van der Waals surface area (Å²) < 4.78 is 10.5. The topological polar surface area (TPSA) is 30.5 Å². The molecule has 0 saturated carbocycles. The van der Waals surface area contributed by atoms with Crippen LogP contribution in [0.2, 0.25) is 5.02 Å². The lowest BCUT2D eigenvalue weighted by Crippen LogP contribution is -3.00. The molecule has 0 spiro atoms. The lowest BCUT2D eigenvalue weighted by molar-refractivity contribution is -0.00000461. The average molecular weight is 327 g/mol. The Bertz CT molecular complexity index is 559. The molecule has 0 radical (unpaired) electrons. The number of halogens is 2. The van der Waals surface area contributed by atoms with Crippen LogP contribution in [0.25, 0.3) is 0 Å². The fourth-order valence-corrected chi connectivity index (χ4v) is 2.16. The first-order chi connectivity index (χ1) is 9.72. The third-order valence-corrected chi connectivity index (χ3v) is 3.28. The molecule has 2 aromatic rings. The molecule has 0 saturated heterocycles. The number of rotatable bonds is 6. The second-order valence-electron chi connectivity index (χ2n) is 4.41. The van der Waals surface area contributed by atoms with Crippen LogP contribution in [0.1, 0.15) is 11.1 Å². The molecule has 0 aromatic heterocycles. The Labute approximate surface area is 136 Å². The van der Waals surface area contributed by atoms with Crippen LogP contribution < -0.4 is 27.2 Å². The van der Waals surface area contributed by atoms with Crippen LogP contribution >= 0.6 is 11.6 Å². The van der Waals surface area contributed by atoms with Gasteiger partial charge in [-0.2, -0.15) is 0 Å². The average Bonchev–Trinajstić information content (AvgIpc) is 2.48. The van der Waals surface area contributed by atoms with Gasteiger partial charge in [-0.3, -0.25) is 0 Å². The highest BCUT2D eigenvalue weighted by atomic mass is 35.5. The van der Waals surface area contributed by atoms with E-state index in [-0.39, 0.29) is 12.4 Å². The van der Waals surface area contributed by atoms with E-state index in [9.17, 15) is 0 Å². The number of hydrogen-bond donors (Lipinski definition) is 1. The van der Waals surface area contributed by atoms with E-state index in [1.165, 1.54) is 5.56 Å². The molecule has 21 heavy (non-hydrogen) atoms. The van der Waals surface area contributed by atoms with Crippen LogP contribution in [0, 0.1) is 0 Å². The Kier molecular flexibility index (Phi) is 7.37. The summed E-state index contributed by atoms with van der Waals surface area (Å²) in [5.41, 5.74) is 2.25. The van der Waals surface area contributed by atoms with Gasteiger partial charge in [0.25, 0.3) is 0 Å². The molecule has 0 atom stereocenters. The first kappa shape index (κ1) is 17.6. The van der Waals surface area contributed by atoms with Gasteiger partial charge < -0.3 is 27.2 Å². The van der Waals surface area contributed by atoms with Crippen molar-refractivity contribution in [3.8, 4) is 11.5 Å². The fraction of sp³-hybridized carbons (Fsp3) is 0.250. The fourth-order valence-electron chi connectivity index (χ4n) is 1.97. The Morgan fingerprint density at radius 1 is 0.952 bits per heavy atom. The summed E-state index contributed by atoms with van der Waals surface area (Å²) in [7, 11) is 3.33. The third-order valence-electron chi connectivity index (χ3n) is 3.05. The molecule has 2 rings (SSSR count). The Balaban J connectivity index is 0.00000220. The van der Waals surface area contributed by atoms with Gasteiger partial charge in [-0.15, -0.1) is 0 Å². The van der Waals surface area contributed by atoms with Gasteiger partial charge in [0, 0.05) is 23.7 Å². The molecule has 2 aromatic carbocycles. The van der Waals surface area contributed by atoms with Gasteiger partial charge in [-0.1, -0.05) is 23.7 Å². The SMILES string of the molecule is COc1ccc(CNCc2cc(Cl)ccc2OC)cc1.[Cl-]. The molecule has 0 aliphatic heterocycles. The summed E-state index contributed by atoms with van der Waals surface area (Å²) in [6.07, 6.45) is 0. The lowest BCUT2D eigenvalue weighted by Gasteiger charge is -2.10. The molecule has 0 heterocycles. The maximum Gasteiger partial charge on any atom is 0.123 e. The summed E-state index contributed by atoms with van der Waals surface area (Å²) in [5.74, 6) is 1.71.